The second kappa shape index (κ2) is 68.8. The van der Waals surface area contributed by atoms with Crippen LogP contribution < -0.4 is 15.2 Å². The highest BCUT2D eigenvalue weighted by Gasteiger charge is 2.07. The second-order valence-electron chi connectivity index (χ2n) is 19.6. The van der Waals surface area contributed by atoms with Gasteiger partial charge < -0.3 is 91.0 Å². The molecule has 0 fully saturated rings. The molecule has 0 aliphatic heterocycles. The number of benzene rings is 1. The molecule has 0 saturated heterocycles. The van der Waals surface area contributed by atoms with Gasteiger partial charge in [0.2, 0.25) is 0 Å². The lowest BCUT2D eigenvalue weighted by Crippen LogP contribution is -2.15. The smallest absolute Gasteiger partial charge is 0.163 e. The van der Waals surface area contributed by atoms with E-state index in [-0.39, 0.29) is 0 Å². The van der Waals surface area contributed by atoms with Crippen molar-refractivity contribution in [3.05, 3.63) is 18.2 Å². The van der Waals surface area contributed by atoms with Crippen LogP contribution in [0.5, 0.6) is 11.5 Å². The third-order valence-corrected chi connectivity index (χ3v) is 12.4. The fourth-order valence-corrected chi connectivity index (χ4v) is 7.84. The summed E-state index contributed by atoms with van der Waals surface area (Å²) in [7, 11) is 0. The van der Waals surface area contributed by atoms with Crippen molar-refractivity contribution in [2.24, 2.45) is 0 Å². The summed E-state index contributed by atoms with van der Waals surface area (Å²) in [5, 5.41) is 0. The first-order chi connectivity index (χ1) is 40.3. The van der Waals surface area contributed by atoms with Gasteiger partial charge in [-0.1, -0.05) is 129 Å². The Kier molecular flexibility index (Phi) is 65.4. The van der Waals surface area contributed by atoms with Gasteiger partial charge in [-0.15, -0.1) is 0 Å². The number of nitrogen functional groups attached to an aromatic ring is 1. The van der Waals surface area contributed by atoms with E-state index in [9.17, 15) is 0 Å². The molecule has 1 rings (SSSR count). The Morgan fingerprint density at radius 2 is 0.395 bits per heavy atom. The minimum Gasteiger partial charge on any atom is -0.487 e. The van der Waals surface area contributed by atoms with Crippen molar-refractivity contribution in [3.8, 4) is 11.5 Å². The molecule has 0 spiro atoms. The molecule has 0 unspecified atom stereocenters. The van der Waals surface area contributed by atoms with E-state index in [0.717, 1.165) is 26.1 Å². The van der Waals surface area contributed by atoms with E-state index >= 15 is 0 Å². The SMILES string of the molecule is CCCCCCCCCCCCOCCOCCOCCOCCOCCOCCOCCOCCOc1ccc(N)cc1OCCOCCOCCOCCOCCOCCOCCOCCOCCCCCCCCCCCC. The first-order valence-electron chi connectivity index (χ1n) is 31.7. The highest BCUT2D eigenvalue weighted by molar-refractivity contribution is 5.52. The number of nitrogens with two attached hydrogens (primary N) is 1. The van der Waals surface area contributed by atoms with Crippen LogP contribution in [0.25, 0.3) is 0 Å². The summed E-state index contributed by atoms with van der Waals surface area (Å²) in [5.41, 5.74) is 6.57. The third kappa shape index (κ3) is 62.3. The second-order valence-corrected chi connectivity index (χ2v) is 19.6. The Hall–Kier alpha value is -2.02. The van der Waals surface area contributed by atoms with Crippen LogP contribution in [0.2, 0.25) is 0 Å². The number of anilines is 1. The van der Waals surface area contributed by atoms with Crippen LogP contribution in [-0.2, 0) is 75.8 Å². The van der Waals surface area contributed by atoms with Gasteiger partial charge in [-0.25, -0.2) is 0 Å². The predicted molar refractivity (Wildman–Crippen MR) is 319 cm³/mol. The van der Waals surface area contributed by atoms with E-state index < -0.39 is 0 Å². The van der Waals surface area contributed by atoms with Crippen LogP contribution in [0.3, 0.4) is 0 Å². The summed E-state index contributed by atoms with van der Waals surface area (Å²) >= 11 is 0. The molecule has 0 aliphatic carbocycles. The van der Waals surface area contributed by atoms with E-state index in [1.165, 1.54) is 116 Å². The summed E-state index contributed by atoms with van der Waals surface area (Å²) in [6.45, 7) is 22.1. The van der Waals surface area contributed by atoms with Crippen molar-refractivity contribution >= 4 is 5.69 Å². The molecule has 0 atom stereocenters. The summed E-state index contributed by atoms with van der Waals surface area (Å²) in [6.07, 6.45) is 26.7. The summed E-state index contributed by atoms with van der Waals surface area (Å²) in [6, 6.07) is 5.28. The molecule has 1 aromatic rings. The van der Waals surface area contributed by atoms with Gasteiger partial charge in [-0.05, 0) is 25.0 Å². The largest absolute Gasteiger partial charge is 0.487 e. The zero-order valence-electron chi connectivity index (χ0n) is 51.3. The maximum Gasteiger partial charge on any atom is 0.163 e. The molecular weight excluding hydrogens is 1050 g/mol. The molecule has 480 valence electrons. The highest BCUT2D eigenvalue weighted by Crippen LogP contribution is 2.29. The van der Waals surface area contributed by atoms with Crippen LogP contribution >= 0.6 is 0 Å². The van der Waals surface area contributed by atoms with E-state index in [4.69, 9.17) is 91.0 Å². The molecule has 0 radical (unpaired) electrons. The maximum atomic E-state index is 6.00. The molecule has 0 saturated carbocycles. The molecular formula is C62H119NO18. The van der Waals surface area contributed by atoms with Gasteiger partial charge in [0.1, 0.15) is 13.2 Å². The average molecular weight is 1170 g/mol. The number of hydrogen-bond donors (Lipinski definition) is 1. The Labute approximate surface area is 491 Å². The van der Waals surface area contributed by atoms with Crippen LogP contribution in [0.15, 0.2) is 18.2 Å². The summed E-state index contributed by atoms with van der Waals surface area (Å²) in [4.78, 5) is 0. The summed E-state index contributed by atoms with van der Waals surface area (Å²) < 4.78 is 101. The zero-order chi connectivity index (χ0) is 57.8. The van der Waals surface area contributed by atoms with Crippen molar-refractivity contribution in [1.29, 1.82) is 0 Å². The van der Waals surface area contributed by atoms with E-state index in [1.54, 1.807) is 18.2 Å². The molecule has 0 amide bonds. The lowest BCUT2D eigenvalue weighted by atomic mass is 10.1. The van der Waals surface area contributed by atoms with Gasteiger partial charge in [0, 0.05) is 25.0 Å². The molecule has 81 heavy (non-hydrogen) atoms. The first-order valence-corrected chi connectivity index (χ1v) is 31.7. The van der Waals surface area contributed by atoms with Gasteiger partial charge in [-0.2, -0.15) is 0 Å². The minimum atomic E-state index is 0.331. The maximum absolute atomic E-state index is 6.00. The highest BCUT2D eigenvalue weighted by atomic mass is 16.6. The van der Waals surface area contributed by atoms with E-state index in [1.807, 2.05) is 0 Å². The van der Waals surface area contributed by atoms with Gasteiger partial charge in [0.15, 0.2) is 11.5 Å². The molecule has 0 bridgehead atoms. The van der Waals surface area contributed by atoms with E-state index in [2.05, 4.69) is 13.8 Å². The Morgan fingerprint density at radius 1 is 0.210 bits per heavy atom. The van der Waals surface area contributed by atoms with Crippen LogP contribution in [-0.4, -0.2) is 225 Å². The topological polar surface area (TPSA) is 192 Å². The van der Waals surface area contributed by atoms with Crippen molar-refractivity contribution in [2.45, 2.75) is 142 Å². The molecule has 2 N–H and O–H groups in total. The molecule has 1 aromatic carbocycles. The Morgan fingerprint density at radius 3 is 0.630 bits per heavy atom. The quantitative estimate of drug-likeness (QED) is 0.0478. The number of unbranched alkanes of at least 4 members (excludes halogenated alkanes) is 18. The Bertz CT molecular complexity index is 1330. The monoisotopic (exact) mass is 1170 g/mol. The summed E-state index contributed by atoms with van der Waals surface area (Å²) in [5.74, 6) is 1.13. The van der Waals surface area contributed by atoms with Gasteiger partial charge >= 0.3 is 0 Å². The number of rotatable bonds is 72. The van der Waals surface area contributed by atoms with Gasteiger partial charge in [0.05, 0.1) is 198 Å². The fourth-order valence-electron chi connectivity index (χ4n) is 7.84. The first kappa shape index (κ1) is 77.0. The molecule has 0 aliphatic rings. The van der Waals surface area contributed by atoms with Crippen LogP contribution in [0, 0.1) is 0 Å². The predicted octanol–water partition coefficient (Wildman–Crippen LogP) is 10.1. The van der Waals surface area contributed by atoms with Gasteiger partial charge in [-0.3, -0.25) is 0 Å². The number of hydrogen-bond acceptors (Lipinski definition) is 19. The zero-order valence-corrected chi connectivity index (χ0v) is 51.3. The standard InChI is InChI=1S/C62H119NO18/c1-3-5-7-9-11-13-15-17-19-21-25-64-27-29-66-31-33-68-35-37-70-39-41-72-43-45-74-47-49-76-51-53-78-55-57-80-61-24-23-60(63)59-62(61)81-58-56-79-54-52-77-50-48-75-46-44-73-42-40-71-38-36-69-34-32-67-30-28-65-26-22-20-18-16-14-12-10-8-6-4-2/h23-24,59H,3-22,25-58,63H2,1-2H3. The van der Waals surface area contributed by atoms with Crippen LogP contribution in [0.4, 0.5) is 5.69 Å². The van der Waals surface area contributed by atoms with Crippen molar-refractivity contribution < 1.29 is 85.3 Å². The lowest BCUT2D eigenvalue weighted by molar-refractivity contribution is -0.0238. The average Bonchev–Trinajstić information content (AvgIpc) is 3.47. The van der Waals surface area contributed by atoms with Crippen molar-refractivity contribution in [1.82, 2.24) is 0 Å². The minimum absolute atomic E-state index is 0.331. The van der Waals surface area contributed by atoms with Crippen molar-refractivity contribution in [2.75, 3.05) is 230 Å². The molecule has 0 aromatic heterocycles. The van der Waals surface area contributed by atoms with E-state index in [0.29, 0.717) is 229 Å². The van der Waals surface area contributed by atoms with Crippen molar-refractivity contribution in [3.63, 3.8) is 0 Å². The Balaban J connectivity index is 1.76. The third-order valence-electron chi connectivity index (χ3n) is 12.4. The molecule has 19 nitrogen and oxygen atoms in total. The fraction of sp³-hybridized carbons (Fsp3) is 0.903. The van der Waals surface area contributed by atoms with Crippen LogP contribution in [0.1, 0.15) is 142 Å². The van der Waals surface area contributed by atoms with Gasteiger partial charge in [0.25, 0.3) is 0 Å². The molecule has 0 heterocycles. The molecule has 19 heteroatoms. The number of ether oxygens (including phenoxy) is 18. The lowest BCUT2D eigenvalue weighted by Gasteiger charge is -2.14. The normalized spacial score (nSPS) is 11.6.